The molecule has 1 rings (SSSR count). The monoisotopic (exact) mass is 242 g/mol. The molecule has 1 aromatic rings. The van der Waals surface area contributed by atoms with Gasteiger partial charge in [-0.05, 0) is 13.0 Å². The number of aryl methyl sites for hydroxylation is 1. The predicted molar refractivity (Wildman–Crippen MR) is 41.1 cm³/mol. The average molecular weight is 243 g/mol. The van der Waals surface area contributed by atoms with Crippen molar-refractivity contribution in [2.45, 2.75) is 18.4 Å². The van der Waals surface area contributed by atoms with Crippen LogP contribution in [-0.4, -0.2) is 0 Å². The summed E-state index contributed by atoms with van der Waals surface area (Å²) >= 11 is 3.01. The summed E-state index contributed by atoms with van der Waals surface area (Å²) in [5, 5.41) is 0.296. The lowest BCUT2D eigenvalue weighted by Gasteiger charge is -2.02. The Morgan fingerprint density at radius 2 is 2.08 bits per heavy atom. The molecule has 0 spiro atoms. The highest BCUT2D eigenvalue weighted by molar-refractivity contribution is 9.08. The summed E-state index contributed by atoms with van der Waals surface area (Å²) in [5.74, 6) is -0.614. The van der Waals surface area contributed by atoms with Crippen LogP contribution in [-0.2, 0) is 11.5 Å². The lowest BCUT2D eigenvalue weighted by Crippen LogP contribution is -2.04. The molecule has 0 amide bonds. The number of alkyl halides is 4. The Morgan fingerprint density at radius 1 is 1.50 bits per heavy atom. The minimum absolute atomic E-state index is 0.122. The van der Waals surface area contributed by atoms with Crippen molar-refractivity contribution in [1.29, 1.82) is 0 Å². The molecular formula is C7H6BrF3O. The molecule has 0 atom stereocenters. The lowest BCUT2D eigenvalue weighted by molar-refractivity contribution is -0.153. The first kappa shape index (κ1) is 9.64. The molecule has 0 saturated carbocycles. The normalized spacial score (nSPS) is 12.1. The van der Waals surface area contributed by atoms with Crippen molar-refractivity contribution in [3.05, 3.63) is 23.2 Å². The van der Waals surface area contributed by atoms with Gasteiger partial charge in [0.05, 0.1) is 5.33 Å². The van der Waals surface area contributed by atoms with Crippen LogP contribution < -0.4 is 0 Å². The van der Waals surface area contributed by atoms with E-state index in [1.54, 1.807) is 0 Å². The number of hydrogen-bond acceptors (Lipinski definition) is 1. The molecule has 0 aliphatic heterocycles. The molecule has 0 bridgehead atoms. The zero-order valence-corrected chi connectivity index (χ0v) is 7.79. The van der Waals surface area contributed by atoms with Crippen molar-refractivity contribution < 1.29 is 17.6 Å². The summed E-state index contributed by atoms with van der Waals surface area (Å²) in [6.07, 6.45) is -4.38. The van der Waals surface area contributed by atoms with Gasteiger partial charge in [-0.25, -0.2) is 0 Å². The SMILES string of the molecule is Cc1cc(CBr)oc1C(F)(F)F. The van der Waals surface area contributed by atoms with Crippen LogP contribution in [0.15, 0.2) is 10.5 Å². The van der Waals surface area contributed by atoms with Gasteiger partial charge in [0.25, 0.3) is 0 Å². The average Bonchev–Trinajstić information content (AvgIpc) is 2.29. The van der Waals surface area contributed by atoms with Gasteiger partial charge in [-0.1, -0.05) is 15.9 Å². The maximum atomic E-state index is 12.1. The van der Waals surface area contributed by atoms with Crippen molar-refractivity contribution in [2.24, 2.45) is 0 Å². The maximum Gasteiger partial charge on any atom is 0.449 e. The Balaban J connectivity index is 3.08. The Labute approximate surface area is 75.7 Å². The summed E-state index contributed by atoms with van der Waals surface area (Å²) in [5.41, 5.74) is 0.122. The lowest BCUT2D eigenvalue weighted by atomic mass is 10.2. The molecule has 0 unspecified atom stereocenters. The quantitative estimate of drug-likeness (QED) is 0.688. The van der Waals surface area contributed by atoms with Crippen LogP contribution in [0, 0.1) is 6.92 Å². The van der Waals surface area contributed by atoms with Crippen molar-refractivity contribution in [3.8, 4) is 0 Å². The summed E-state index contributed by atoms with van der Waals surface area (Å²) in [4.78, 5) is 0. The van der Waals surface area contributed by atoms with Crippen LogP contribution in [0.1, 0.15) is 17.1 Å². The standard InChI is InChI=1S/C7H6BrF3O/c1-4-2-5(3-8)12-6(4)7(9,10)11/h2H,3H2,1H3. The van der Waals surface area contributed by atoms with Crippen LogP contribution in [0.4, 0.5) is 13.2 Å². The molecular weight excluding hydrogens is 237 g/mol. The number of hydrogen-bond donors (Lipinski definition) is 0. The van der Waals surface area contributed by atoms with E-state index in [0.717, 1.165) is 0 Å². The van der Waals surface area contributed by atoms with E-state index < -0.39 is 11.9 Å². The summed E-state index contributed by atoms with van der Waals surface area (Å²) in [6.45, 7) is 1.37. The van der Waals surface area contributed by atoms with Gasteiger partial charge in [0.15, 0.2) is 0 Å². The summed E-state index contributed by atoms with van der Waals surface area (Å²) < 4.78 is 40.8. The molecule has 68 valence electrons. The van der Waals surface area contributed by atoms with Crippen LogP contribution in [0.3, 0.4) is 0 Å². The minimum Gasteiger partial charge on any atom is -0.455 e. The molecule has 0 fully saturated rings. The molecule has 0 aromatic carbocycles. The molecule has 1 heterocycles. The topological polar surface area (TPSA) is 13.1 Å². The van der Waals surface area contributed by atoms with Gasteiger partial charge in [0.2, 0.25) is 5.76 Å². The molecule has 1 aromatic heterocycles. The second-order valence-electron chi connectivity index (χ2n) is 2.36. The fourth-order valence-corrected chi connectivity index (χ4v) is 1.17. The maximum absolute atomic E-state index is 12.1. The van der Waals surface area contributed by atoms with E-state index in [1.807, 2.05) is 0 Å². The van der Waals surface area contributed by atoms with E-state index in [9.17, 15) is 13.2 Å². The van der Waals surface area contributed by atoms with Crippen LogP contribution >= 0.6 is 15.9 Å². The zero-order valence-electron chi connectivity index (χ0n) is 6.20. The molecule has 12 heavy (non-hydrogen) atoms. The van der Waals surface area contributed by atoms with Gasteiger partial charge in [0.1, 0.15) is 5.76 Å². The predicted octanol–water partition coefficient (Wildman–Crippen LogP) is 3.50. The number of rotatable bonds is 1. The van der Waals surface area contributed by atoms with E-state index in [-0.39, 0.29) is 5.56 Å². The second kappa shape index (κ2) is 3.12. The van der Waals surface area contributed by atoms with Gasteiger partial charge in [-0.3, -0.25) is 0 Å². The van der Waals surface area contributed by atoms with E-state index in [2.05, 4.69) is 20.3 Å². The number of halogens is 4. The fraction of sp³-hybridized carbons (Fsp3) is 0.429. The molecule has 1 nitrogen and oxygen atoms in total. The van der Waals surface area contributed by atoms with Crippen LogP contribution in [0.5, 0.6) is 0 Å². The Morgan fingerprint density at radius 3 is 2.33 bits per heavy atom. The van der Waals surface area contributed by atoms with Crippen molar-refractivity contribution in [1.82, 2.24) is 0 Å². The number of furan rings is 1. The summed E-state index contributed by atoms with van der Waals surface area (Å²) in [6, 6.07) is 1.37. The fourth-order valence-electron chi connectivity index (χ4n) is 0.895. The van der Waals surface area contributed by atoms with Gasteiger partial charge in [0, 0.05) is 5.56 Å². The third-order valence-corrected chi connectivity index (χ3v) is 1.91. The summed E-state index contributed by atoms with van der Waals surface area (Å²) in [7, 11) is 0. The highest BCUT2D eigenvalue weighted by Gasteiger charge is 2.36. The molecule has 5 heteroatoms. The van der Waals surface area contributed by atoms with Gasteiger partial charge >= 0.3 is 6.18 Å². The first-order valence-electron chi connectivity index (χ1n) is 3.17. The molecule has 0 aliphatic carbocycles. The second-order valence-corrected chi connectivity index (χ2v) is 2.92. The highest BCUT2D eigenvalue weighted by Crippen LogP contribution is 2.33. The van der Waals surface area contributed by atoms with Crippen LogP contribution in [0.25, 0.3) is 0 Å². The van der Waals surface area contributed by atoms with Crippen LogP contribution in [0.2, 0.25) is 0 Å². The Bertz CT molecular complexity index is 277. The molecule has 0 aliphatic rings. The Kier molecular flexibility index (Phi) is 2.51. The minimum atomic E-state index is -4.38. The van der Waals surface area contributed by atoms with Gasteiger partial charge in [-0.15, -0.1) is 0 Å². The van der Waals surface area contributed by atoms with E-state index in [1.165, 1.54) is 13.0 Å². The molecule has 0 N–H and O–H groups in total. The third kappa shape index (κ3) is 1.83. The van der Waals surface area contributed by atoms with Gasteiger partial charge < -0.3 is 4.42 Å². The van der Waals surface area contributed by atoms with Crippen molar-refractivity contribution in [3.63, 3.8) is 0 Å². The van der Waals surface area contributed by atoms with E-state index in [0.29, 0.717) is 11.1 Å². The third-order valence-electron chi connectivity index (χ3n) is 1.36. The van der Waals surface area contributed by atoms with Crippen molar-refractivity contribution >= 4 is 15.9 Å². The Hall–Kier alpha value is -0.450. The molecule has 0 radical (unpaired) electrons. The molecule has 0 saturated heterocycles. The van der Waals surface area contributed by atoms with Crippen molar-refractivity contribution in [2.75, 3.05) is 0 Å². The first-order valence-corrected chi connectivity index (χ1v) is 4.29. The smallest absolute Gasteiger partial charge is 0.449 e. The van der Waals surface area contributed by atoms with E-state index in [4.69, 9.17) is 0 Å². The zero-order chi connectivity index (χ0) is 9.35. The highest BCUT2D eigenvalue weighted by atomic mass is 79.9. The first-order chi connectivity index (χ1) is 5.45. The van der Waals surface area contributed by atoms with E-state index >= 15 is 0 Å². The largest absolute Gasteiger partial charge is 0.455 e. The van der Waals surface area contributed by atoms with Gasteiger partial charge in [-0.2, -0.15) is 13.2 Å².